The molecule has 1 N–H and O–H groups in total. The van der Waals surface area contributed by atoms with Crippen LogP contribution in [0.15, 0.2) is 94.7 Å². The van der Waals surface area contributed by atoms with Crippen LogP contribution in [0, 0.1) is 0 Å². The maximum absolute atomic E-state index is 13.5. The Balaban J connectivity index is 1.71. The summed E-state index contributed by atoms with van der Waals surface area (Å²) in [7, 11) is 0. The van der Waals surface area contributed by atoms with E-state index in [2.05, 4.69) is 0 Å². The first-order valence-electron chi connectivity index (χ1n) is 8.64. The number of benzene rings is 4. The molecule has 3 nitrogen and oxygen atoms in total. The van der Waals surface area contributed by atoms with E-state index in [1.165, 1.54) is 0 Å². The van der Waals surface area contributed by atoms with Crippen molar-refractivity contribution < 1.29 is 9.90 Å². The SMILES string of the molecule is O=C(c1cc2ccccc2cc1O)N1c2ccccc2Sc2ccccc21. The van der Waals surface area contributed by atoms with E-state index in [0.29, 0.717) is 5.56 Å². The van der Waals surface area contributed by atoms with Gasteiger partial charge in [0.25, 0.3) is 5.91 Å². The number of nitrogens with zero attached hydrogens (tertiary/aromatic N) is 1. The summed E-state index contributed by atoms with van der Waals surface area (Å²) >= 11 is 1.65. The van der Waals surface area contributed by atoms with Crippen molar-refractivity contribution in [1.29, 1.82) is 0 Å². The van der Waals surface area contributed by atoms with Crippen molar-refractivity contribution in [2.24, 2.45) is 0 Å². The molecule has 0 spiro atoms. The van der Waals surface area contributed by atoms with Gasteiger partial charge in [0.1, 0.15) is 5.75 Å². The monoisotopic (exact) mass is 369 g/mol. The van der Waals surface area contributed by atoms with Gasteiger partial charge in [0.15, 0.2) is 0 Å². The molecule has 1 heterocycles. The number of fused-ring (bicyclic) bond motifs is 3. The van der Waals surface area contributed by atoms with Gasteiger partial charge in [-0.05, 0) is 47.2 Å². The molecule has 0 fully saturated rings. The molecule has 4 aromatic rings. The lowest BCUT2D eigenvalue weighted by atomic mass is 10.0. The first kappa shape index (κ1) is 16.0. The zero-order valence-corrected chi connectivity index (χ0v) is 15.1. The van der Waals surface area contributed by atoms with Crippen molar-refractivity contribution in [3.8, 4) is 5.75 Å². The molecular weight excluding hydrogens is 354 g/mol. The van der Waals surface area contributed by atoms with Gasteiger partial charge in [-0.2, -0.15) is 0 Å². The van der Waals surface area contributed by atoms with Gasteiger partial charge in [-0.25, -0.2) is 0 Å². The smallest absolute Gasteiger partial charge is 0.266 e. The van der Waals surface area contributed by atoms with E-state index >= 15 is 0 Å². The van der Waals surface area contributed by atoms with E-state index in [4.69, 9.17) is 0 Å². The molecule has 0 saturated carbocycles. The molecule has 4 heteroatoms. The van der Waals surface area contributed by atoms with E-state index in [1.807, 2.05) is 72.8 Å². The van der Waals surface area contributed by atoms with Gasteiger partial charge < -0.3 is 5.11 Å². The highest BCUT2D eigenvalue weighted by atomic mass is 32.2. The summed E-state index contributed by atoms with van der Waals surface area (Å²) in [5.41, 5.74) is 1.96. The highest BCUT2D eigenvalue weighted by Gasteiger charge is 2.30. The maximum Gasteiger partial charge on any atom is 0.266 e. The van der Waals surface area contributed by atoms with Crippen LogP contribution in [-0.4, -0.2) is 11.0 Å². The normalized spacial score (nSPS) is 12.5. The molecule has 0 bridgehead atoms. The Hall–Kier alpha value is -3.24. The molecule has 130 valence electrons. The fourth-order valence-corrected chi connectivity index (χ4v) is 4.50. The first-order valence-corrected chi connectivity index (χ1v) is 9.46. The average Bonchev–Trinajstić information content (AvgIpc) is 2.71. The average molecular weight is 369 g/mol. The highest BCUT2D eigenvalue weighted by molar-refractivity contribution is 7.99. The predicted octanol–water partition coefficient (Wildman–Crippen LogP) is 5.99. The summed E-state index contributed by atoms with van der Waals surface area (Å²) < 4.78 is 0. The van der Waals surface area contributed by atoms with Gasteiger partial charge >= 0.3 is 0 Å². The molecule has 0 saturated heterocycles. The molecule has 1 aliphatic heterocycles. The molecule has 4 aromatic carbocycles. The third kappa shape index (κ3) is 2.57. The van der Waals surface area contributed by atoms with E-state index in [1.54, 1.807) is 28.8 Å². The van der Waals surface area contributed by atoms with Crippen molar-refractivity contribution in [2.75, 3.05) is 4.90 Å². The Morgan fingerprint density at radius 1 is 0.741 bits per heavy atom. The summed E-state index contributed by atoms with van der Waals surface area (Å²) in [5, 5.41) is 12.4. The van der Waals surface area contributed by atoms with Gasteiger partial charge in [-0.1, -0.05) is 60.3 Å². The number of phenolic OH excluding ortho intramolecular Hbond substituents is 1. The van der Waals surface area contributed by atoms with Crippen LogP contribution in [0.3, 0.4) is 0 Å². The minimum atomic E-state index is -0.238. The van der Waals surface area contributed by atoms with Crippen LogP contribution < -0.4 is 4.90 Å². The topological polar surface area (TPSA) is 40.5 Å². The van der Waals surface area contributed by atoms with E-state index in [-0.39, 0.29) is 11.7 Å². The van der Waals surface area contributed by atoms with E-state index < -0.39 is 0 Å². The lowest BCUT2D eigenvalue weighted by molar-refractivity contribution is 0.0996. The van der Waals surface area contributed by atoms with E-state index in [9.17, 15) is 9.90 Å². The standard InChI is InChI=1S/C23H15NO2S/c25-20-14-16-8-2-1-7-15(16)13-17(20)23(26)24-18-9-3-5-11-21(18)27-22-12-6-4-10-19(22)24/h1-14,25H. The molecule has 0 atom stereocenters. The Morgan fingerprint density at radius 2 is 1.26 bits per heavy atom. The minimum Gasteiger partial charge on any atom is -0.507 e. The summed E-state index contributed by atoms with van der Waals surface area (Å²) in [4.78, 5) is 17.3. The van der Waals surface area contributed by atoms with Gasteiger partial charge in [0, 0.05) is 9.79 Å². The molecule has 0 radical (unpaired) electrons. The Morgan fingerprint density at radius 3 is 1.89 bits per heavy atom. The molecule has 5 rings (SSSR count). The van der Waals surface area contributed by atoms with Gasteiger partial charge in [-0.3, -0.25) is 9.69 Å². The summed E-state index contributed by atoms with van der Waals surface area (Å²) in [5.74, 6) is -0.245. The van der Waals surface area contributed by atoms with Gasteiger partial charge in [0.05, 0.1) is 16.9 Å². The number of phenols is 1. The number of anilines is 2. The number of hydrogen-bond donors (Lipinski definition) is 1. The number of amides is 1. The van der Waals surface area contributed by atoms with Crippen molar-refractivity contribution in [2.45, 2.75) is 9.79 Å². The number of para-hydroxylation sites is 2. The lowest BCUT2D eigenvalue weighted by Crippen LogP contribution is -2.28. The van der Waals surface area contributed by atoms with Crippen molar-refractivity contribution >= 4 is 39.8 Å². The third-order valence-corrected chi connectivity index (χ3v) is 5.86. The summed E-state index contributed by atoms with van der Waals surface area (Å²) in [6.07, 6.45) is 0. The van der Waals surface area contributed by atoms with Crippen molar-refractivity contribution in [3.05, 3.63) is 90.5 Å². The Kier molecular flexibility index (Phi) is 3.66. The first-order chi connectivity index (χ1) is 13.2. The highest BCUT2D eigenvalue weighted by Crippen LogP contribution is 2.48. The van der Waals surface area contributed by atoms with Crippen LogP contribution in [0.25, 0.3) is 10.8 Å². The fourth-order valence-electron chi connectivity index (χ4n) is 3.44. The molecule has 27 heavy (non-hydrogen) atoms. The van der Waals surface area contributed by atoms with E-state index in [0.717, 1.165) is 31.9 Å². The zero-order chi connectivity index (χ0) is 18.4. The van der Waals surface area contributed by atoms with Crippen LogP contribution in [0.2, 0.25) is 0 Å². The third-order valence-electron chi connectivity index (χ3n) is 4.73. The largest absolute Gasteiger partial charge is 0.507 e. The minimum absolute atomic E-state index is 0.00751. The number of carbonyl (C=O) groups is 1. The van der Waals surface area contributed by atoms with Crippen molar-refractivity contribution in [1.82, 2.24) is 0 Å². The molecule has 1 aliphatic rings. The predicted molar refractivity (Wildman–Crippen MR) is 109 cm³/mol. The Bertz CT molecular complexity index is 1160. The summed E-state index contributed by atoms with van der Waals surface area (Å²) in [6.45, 7) is 0. The van der Waals surface area contributed by atoms with Gasteiger partial charge in [0.2, 0.25) is 0 Å². The van der Waals surface area contributed by atoms with Gasteiger partial charge in [-0.15, -0.1) is 0 Å². The lowest BCUT2D eigenvalue weighted by Gasteiger charge is -2.31. The molecular formula is C23H15NO2S. The second-order valence-corrected chi connectivity index (χ2v) is 7.48. The van der Waals surface area contributed by atoms with Crippen molar-refractivity contribution in [3.63, 3.8) is 0 Å². The molecule has 0 unspecified atom stereocenters. The molecule has 1 amide bonds. The molecule has 0 aliphatic carbocycles. The number of hydrogen-bond acceptors (Lipinski definition) is 3. The van der Waals surface area contributed by atoms with Crippen LogP contribution in [0.5, 0.6) is 5.75 Å². The van der Waals surface area contributed by atoms with Crippen LogP contribution in [0.4, 0.5) is 11.4 Å². The second-order valence-electron chi connectivity index (χ2n) is 6.39. The van der Waals surface area contributed by atoms with Crippen LogP contribution in [-0.2, 0) is 0 Å². The number of aromatic hydroxyl groups is 1. The summed E-state index contributed by atoms with van der Waals surface area (Å²) in [6, 6.07) is 26.8. The Labute approximate surface area is 160 Å². The zero-order valence-electron chi connectivity index (χ0n) is 14.3. The van der Waals surface area contributed by atoms with Crippen LogP contribution in [0.1, 0.15) is 10.4 Å². The van der Waals surface area contributed by atoms with Crippen LogP contribution >= 0.6 is 11.8 Å². The molecule has 0 aromatic heterocycles. The second kappa shape index (κ2) is 6.18. The number of carbonyl (C=O) groups excluding carboxylic acids is 1. The number of rotatable bonds is 1. The quantitative estimate of drug-likeness (QED) is 0.448. The fraction of sp³-hybridized carbons (Fsp3) is 0. The maximum atomic E-state index is 13.5.